The molecule has 0 aliphatic heterocycles. The van der Waals surface area contributed by atoms with E-state index in [0.717, 1.165) is 29.7 Å². The zero-order valence-electron chi connectivity index (χ0n) is 15.7. The molecule has 1 aliphatic rings. The summed E-state index contributed by atoms with van der Waals surface area (Å²) in [5.74, 6) is 0. The summed E-state index contributed by atoms with van der Waals surface area (Å²) in [7, 11) is 1.89. The zero-order valence-corrected chi connectivity index (χ0v) is 15.7. The minimum absolute atomic E-state index is 0.0374. The average molecular weight is 364 g/mol. The van der Waals surface area contributed by atoms with E-state index in [-0.39, 0.29) is 6.03 Å². The Hall–Kier alpha value is -3.09. The van der Waals surface area contributed by atoms with Gasteiger partial charge in [-0.1, -0.05) is 12.1 Å². The molecule has 1 N–H and O–H groups in total. The maximum absolute atomic E-state index is 12.7. The first kappa shape index (κ1) is 17.3. The number of aryl methyl sites for hydroxylation is 2. The molecule has 0 unspecified atom stereocenters. The molecule has 2 amide bonds. The number of aromatic nitrogens is 4. The highest BCUT2D eigenvalue weighted by Gasteiger charge is 2.32. The van der Waals surface area contributed by atoms with Crippen molar-refractivity contribution in [2.45, 2.75) is 38.9 Å². The van der Waals surface area contributed by atoms with Crippen LogP contribution in [0.15, 0.2) is 49.1 Å². The Bertz CT molecular complexity index is 939. The molecule has 4 rings (SSSR count). The number of benzene rings is 1. The minimum Gasteiger partial charge on any atom is -0.334 e. The fourth-order valence-corrected chi connectivity index (χ4v) is 3.15. The van der Waals surface area contributed by atoms with Crippen molar-refractivity contribution in [3.8, 4) is 5.69 Å². The van der Waals surface area contributed by atoms with Gasteiger partial charge in [-0.3, -0.25) is 4.68 Å². The molecule has 27 heavy (non-hydrogen) atoms. The monoisotopic (exact) mass is 364 g/mol. The summed E-state index contributed by atoms with van der Waals surface area (Å²) in [6, 6.07) is 8.47. The maximum Gasteiger partial charge on any atom is 0.318 e. The van der Waals surface area contributed by atoms with Crippen LogP contribution in [0.1, 0.15) is 29.5 Å². The fourth-order valence-electron chi connectivity index (χ4n) is 3.15. The van der Waals surface area contributed by atoms with Gasteiger partial charge in [0, 0.05) is 43.2 Å². The third-order valence-corrected chi connectivity index (χ3v) is 4.71. The number of nitrogens with one attached hydrogen (secondary N) is 1. The molecular formula is C20H24N6O. The van der Waals surface area contributed by atoms with Crippen molar-refractivity contribution in [1.82, 2.24) is 29.8 Å². The van der Waals surface area contributed by atoms with E-state index in [9.17, 15) is 4.79 Å². The van der Waals surface area contributed by atoms with Gasteiger partial charge >= 0.3 is 6.03 Å². The van der Waals surface area contributed by atoms with Crippen LogP contribution in [0.5, 0.6) is 0 Å². The summed E-state index contributed by atoms with van der Waals surface area (Å²) in [5.41, 5.74) is 4.23. The Morgan fingerprint density at radius 3 is 2.74 bits per heavy atom. The standard InChI is InChI=1S/C20H24N6O/c1-15-4-3-5-19(8-15)26-14-16(10-23-26)9-21-20(27)25(18-6-7-18)13-17-11-22-24(2)12-17/h3-5,8,10-12,14,18H,6-7,9,13H2,1-2H3,(H,21,27). The largest absolute Gasteiger partial charge is 0.334 e. The van der Waals surface area contributed by atoms with Gasteiger partial charge in [0.15, 0.2) is 0 Å². The molecule has 1 saturated carbocycles. The van der Waals surface area contributed by atoms with E-state index < -0.39 is 0 Å². The Morgan fingerprint density at radius 2 is 2.04 bits per heavy atom. The SMILES string of the molecule is Cc1cccc(-n2cc(CNC(=O)N(Cc3cnn(C)c3)C3CC3)cn2)c1. The summed E-state index contributed by atoms with van der Waals surface area (Å²) >= 11 is 0. The molecule has 2 heterocycles. The van der Waals surface area contributed by atoms with Gasteiger partial charge in [0.25, 0.3) is 0 Å². The predicted molar refractivity (Wildman–Crippen MR) is 102 cm³/mol. The van der Waals surface area contributed by atoms with E-state index in [1.165, 1.54) is 5.56 Å². The van der Waals surface area contributed by atoms with Crippen molar-refractivity contribution in [2.24, 2.45) is 7.05 Å². The Balaban J connectivity index is 1.38. The van der Waals surface area contributed by atoms with Gasteiger partial charge in [0.2, 0.25) is 0 Å². The number of carbonyl (C=O) groups excluding carboxylic acids is 1. The predicted octanol–water partition coefficient (Wildman–Crippen LogP) is 2.79. The summed E-state index contributed by atoms with van der Waals surface area (Å²) in [4.78, 5) is 14.6. The number of hydrogen-bond acceptors (Lipinski definition) is 3. The first-order valence-electron chi connectivity index (χ1n) is 9.21. The van der Waals surface area contributed by atoms with Crippen molar-refractivity contribution in [3.63, 3.8) is 0 Å². The molecule has 7 nitrogen and oxygen atoms in total. The number of rotatable bonds is 6. The topological polar surface area (TPSA) is 68.0 Å². The number of urea groups is 1. The van der Waals surface area contributed by atoms with Crippen molar-refractivity contribution in [1.29, 1.82) is 0 Å². The second-order valence-corrected chi connectivity index (χ2v) is 7.17. The van der Waals surface area contributed by atoms with E-state index in [2.05, 4.69) is 34.6 Å². The van der Waals surface area contributed by atoms with Gasteiger partial charge in [-0.25, -0.2) is 9.48 Å². The quantitative estimate of drug-likeness (QED) is 0.731. The number of amides is 2. The molecule has 0 radical (unpaired) electrons. The van der Waals surface area contributed by atoms with Crippen molar-refractivity contribution in [3.05, 3.63) is 65.7 Å². The van der Waals surface area contributed by atoms with Crippen LogP contribution in [0.4, 0.5) is 4.79 Å². The highest BCUT2D eigenvalue weighted by atomic mass is 16.2. The van der Waals surface area contributed by atoms with Crippen LogP contribution in [-0.4, -0.2) is 36.5 Å². The molecule has 1 aromatic carbocycles. The third kappa shape index (κ3) is 4.19. The number of hydrogen-bond donors (Lipinski definition) is 1. The lowest BCUT2D eigenvalue weighted by Crippen LogP contribution is -2.40. The second kappa shape index (κ2) is 7.26. The first-order valence-corrected chi connectivity index (χ1v) is 9.21. The molecular weight excluding hydrogens is 340 g/mol. The molecule has 0 atom stereocenters. The highest BCUT2D eigenvalue weighted by molar-refractivity contribution is 5.74. The maximum atomic E-state index is 12.7. The Labute approximate surface area is 158 Å². The van der Waals surface area contributed by atoms with Crippen molar-refractivity contribution < 1.29 is 4.79 Å². The molecule has 0 spiro atoms. The van der Waals surface area contributed by atoms with Crippen LogP contribution in [0.2, 0.25) is 0 Å². The summed E-state index contributed by atoms with van der Waals surface area (Å²) in [6.45, 7) is 3.11. The minimum atomic E-state index is -0.0374. The van der Waals surface area contributed by atoms with Gasteiger partial charge in [-0.05, 0) is 37.5 Å². The molecule has 0 saturated heterocycles. The number of nitrogens with zero attached hydrogens (tertiary/aromatic N) is 5. The van der Waals surface area contributed by atoms with E-state index in [1.54, 1.807) is 10.9 Å². The summed E-state index contributed by atoms with van der Waals surface area (Å²) in [6.07, 6.45) is 9.66. The van der Waals surface area contributed by atoms with E-state index in [1.807, 2.05) is 47.4 Å². The summed E-state index contributed by atoms with van der Waals surface area (Å²) in [5, 5.41) is 11.6. The molecule has 0 bridgehead atoms. The van der Waals surface area contributed by atoms with Crippen LogP contribution in [0.3, 0.4) is 0 Å². The lowest BCUT2D eigenvalue weighted by molar-refractivity contribution is 0.191. The Kier molecular flexibility index (Phi) is 4.66. The highest BCUT2D eigenvalue weighted by Crippen LogP contribution is 2.28. The van der Waals surface area contributed by atoms with Crippen LogP contribution in [0, 0.1) is 6.92 Å². The molecule has 1 fully saturated rings. The van der Waals surface area contributed by atoms with Crippen molar-refractivity contribution in [2.75, 3.05) is 0 Å². The van der Waals surface area contributed by atoms with Gasteiger partial charge in [-0.2, -0.15) is 10.2 Å². The molecule has 1 aliphatic carbocycles. The smallest absolute Gasteiger partial charge is 0.318 e. The third-order valence-electron chi connectivity index (χ3n) is 4.71. The van der Waals surface area contributed by atoms with Crippen LogP contribution in [-0.2, 0) is 20.1 Å². The normalized spacial score (nSPS) is 13.6. The lowest BCUT2D eigenvalue weighted by atomic mass is 10.2. The van der Waals surface area contributed by atoms with Gasteiger partial charge < -0.3 is 10.2 Å². The van der Waals surface area contributed by atoms with Crippen LogP contribution < -0.4 is 5.32 Å². The number of carbonyl (C=O) groups is 1. The summed E-state index contributed by atoms with van der Waals surface area (Å²) < 4.78 is 3.60. The second-order valence-electron chi connectivity index (χ2n) is 7.17. The van der Waals surface area contributed by atoms with E-state index in [4.69, 9.17) is 0 Å². The molecule has 3 aromatic rings. The van der Waals surface area contributed by atoms with Gasteiger partial charge in [0.05, 0.1) is 24.6 Å². The van der Waals surface area contributed by atoms with Crippen LogP contribution >= 0.6 is 0 Å². The van der Waals surface area contributed by atoms with Crippen LogP contribution in [0.25, 0.3) is 5.69 Å². The zero-order chi connectivity index (χ0) is 18.8. The molecule has 140 valence electrons. The van der Waals surface area contributed by atoms with E-state index >= 15 is 0 Å². The van der Waals surface area contributed by atoms with Gasteiger partial charge in [0.1, 0.15) is 0 Å². The van der Waals surface area contributed by atoms with Crippen molar-refractivity contribution >= 4 is 6.03 Å². The first-order chi connectivity index (χ1) is 13.1. The fraction of sp³-hybridized carbons (Fsp3) is 0.350. The average Bonchev–Trinajstić information content (AvgIpc) is 3.23. The molecule has 2 aromatic heterocycles. The Morgan fingerprint density at radius 1 is 1.22 bits per heavy atom. The van der Waals surface area contributed by atoms with Gasteiger partial charge in [-0.15, -0.1) is 0 Å². The van der Waals surface area contributed by atoms with E-state index in [0.29, 0.717) is 19.1 Å². The lowest BCUT2D eigenvalue weighted by Gasteiger charge is -2.22. The molecule has 7 heteroatoms.